The molecule has 0 aliphatic rings. The molecule has 0 aliphatic heterocycles. The fourth-order valence-electron chi connectivity index (χ4n) is 4.48. The average molecular weight is 708 g/mol. The number of methoxy groups -OCH3 is 1. The second-order valence-electron chi connectivity index (χ2n) is 10.5. The smallest absolute Gasteiger partial charge is 0.490 e. The molecule has 5 N–H and O–H groups in total. The van der Waals surface area contributed by atoms with E-state index in [0.717, 1.165) is 45.5 Å². The van der Waals surface area contributed by atoms with Crippen LogP contribution < -0.4 is 10.1 Å². The summed E-state index contributed by atoms with van der Waals surface area (Å²) in [5.41, 5.74) is 6.71. The van der Waals surface area contributed by atoms with E-state index in [4.69, 9.17) is 24.5 Å². The molecule has 5 rings (SSSR count). The van der Waals surface area contributed by atoms with E-state index < -0.39 is 24.3 Å². The molecule has 0 spiro atoms. The van der Waals surface area contributed by atoms with Crippen molar-refractivity contribution in [1.82, 2.24) is 25.4 Å². The van der Waals surface area contributed by atoms with Gasteiger partial charge in [-0.15, -0.1) is 0 Å². The zero-order valence-electron chi connectivity index (χ0n) is 26.4. The van der Waals surface area contributed by atoms with Crippen molar-refractivity contribution in [3.8, 4) is 16.9 Å². The number of halogens is 6. The number of hydrogen-bond acceptors (Lipinski definition) is 6. The molecule has 0 aliphatic carbocycles. The molecule has 1 amide bonds. The summed E-state index contributed by atoms with van der Waals surface area (Å²) < 4.78 is 68.8. The molecule has 50 heavy (non-hydrogen) atoms. The number of nitrogens with zero attached hydrogens (tertiary/aromatic N) is 2. The lowest BCUT2D eigenvalue weighted by molar-refractivity contribution is -0.193. The van der Waals surface area contributed by atoms with Crippen LogP contribution in [0.5, 0.6) is 5.75 Å². The molecule has 0 unspecified atom stereocenters. The Kier molecular flexibility index (Phi) is 13.1. The molecule has 2 aromatic heterocycles. The van der Waals surface area contributed by atoms with Crippen molar-refractivity contribution in [2.45, 2.75) is 32.0 Å². The summed E-state index contributed by atoms with van der Waals surface area (Å²) in [6.45, 7) is 1.82. The predicted molar refractivity (Wildman–Crippen MR) is 169 cm³/mol. The van der Waals surface area contributed by atoms with Crippen LogP contribution in [0.4, 0.5) is 26.3 Å². The second-order valence-corrected chi connectivity index (χ2v) is 10.5. The van der Waals surface area contributed by atoms with E-state index in [1.54, 1.807) is 13.3 Å². The number of ether oxygens (including phenoxy) is 1. The van der Waals surface area contributed by atoms with Gasteiger partial charge >= 0.3 is 24.3 Å². The first-order valence-corrected chi connectivity index (χ1v) is 14.4. The van der Waals surface area contributed by atoms with Gasteiger partial charge in [0.15, 0.2) is 0 Å². The van der Waals surface area contributed by atoms with Gasteiger partial charge in [0.25, 0.3) is 5.91 Å². The number of hydrogen-bond donors (Lipinski definition) is 5. The molecule has 5 aromatic rings. The van der Waals surface area contributed by atoms with Gasteiger partial charge in [0.05, 0.1) is 13.3 Å². The molecule has 0 bridgehead atoms. The van der Waals surface area contributed by atoms with Gasteiger partial charge in [-0.1, -0.05) is 54.6 Å². The number of alkyl halides is 6. The number of carboxylic acid groups (broad SMARTS) is 2. The van der Waals surface area contributed by atoms with Crippen LogP contribution in [0, 0.1) is 0 Å². The molecule has 0 atom stereocenters. The van der Waals surface area contributed by atoms with Crippen LogP contribution in [0.3, 0.4) is 0 Å². The molecular formula is C33H31F6N5O6. The molecule has 266 valence electrons. The minimum atomic E-state index is -5.08. The van der Waals surface area contributed by atoms with E-state index in [1.165, 1.54) is 5.56 Å². The first-order chi connectivity index (χ1) is 23.5. The third-order valence-electron chi connectivity index (χ3n) is 6.76. The third-order valence-corrected chi connectivity index (χ3v) is 6.76. The SMILES string of the molecule is COc1cccc(CNC(=O)c2[nH]c3cc(-c4cn[nH]c4)ccc3c2CN(C)Cc2ccccc2)c1.O=C(O)C(F)(F)F.O=C(O)C(F)(F)F. The predicted octanol–water partition coefficient (Wildman–Crippen LogP) is 6.40. The normalized spacial score (nSPS) is 11.2. The standard InChI is InChI=1S/C29H29N5O2.2C2HF3O2/c1-34(18-20-7-4-3-5-8-20)19-26-25-12-11-22(23-16-31-32-17-23)14-27(25)33-28(26)29(35)30-15-21-9-6-10-24(13-21)36-2;2*3-2(4,5)1(6)7/h3-14,16-17,33H,15,18-19H2,1-2H3,(H,30,35)(H,31,32);2*(H,6,7). The van der Waals surface area contributed by atoms with E-state index >= 15 is 0 Å². The number of amides is 1. The number of aliphatic carboxylic acids is 2. The Morgan fingerprint density at radius 3 is 2.02 bits per heavy atom. The number of carbonyl (C=O) groups is 3. The highest BCUT2D eigenvalue weighted by Gasteiger charge is 2.38. The van der Waals surface area contributed by atoms with Crippen molar-refractivity contribution in [3.05, 3.63) is 108 Å². The van der Waals surface area contributed by atoms with E-state index in [2.05, 4.69) is 62.8 Å². The highest BCUT2D eigenvalue weighted by Crippen LogP contribution is 2.29. The number of aromatic nitrogens is 3. The molecule has 11 nitrogen and oxygen atoms in total. The van der Waals surface area contributed by atoms with Crippen LogP contribution in [-0.2, 0) is 29.2 Å². The Labute approximate surface area is 280 Å². The number of carbonyl (C=O) groups excluding carboxylic acids is 1. The summed E-state index contributed by atoms with van der Waals surface area (Å²) in [5, 5.41) is 25.3. The zero-order chi connectivity index (χ0) is 37.1. The Bertz CT molecular complexity index is 1850. The first-order valence-electron chi connectivity index (χ1n) is 14.4. The minimum absolute atomic E-state index is 0.137. The van der Waals surface area contributed by atoms with Crippen molar-refractivity contribution in [2.75, 3.05) is 14.2 Å². The monoisotopic (exact) mass is 707 g/mol. The zero-order valence-corrected chi connectivity index (χ0v) is 26.4. The fraction of sp³-hybridized carbons (Fsp3) is 0.212. The topological polar surface area (TPSA) is 161 Å². The number of rotatable bonds is 9. The minimum Gasteiger partial charge on any atom is -0.497 e. The summed E-state index contributed by atoms with van der Waals surface area (Å²) >= 11 is 0. The van der Waals surface area contributed by atoms with Crippen LogP contribution >= 0.6 is 0 Å². The lowest BCUT2D eigenvalue weighted by atomic mass is 10.0. The van der Waals surface area contributed by atoms with Crippen LogP contribution in [0.1, 0.15) is 27.2 Å². The maximum atomic E-state index is 13.4. The Balaban J connectivity index is 0.000000408. The van der Waals surface area contributed by atoms with E-state index in [-0.39, 0.29) is 5.91 Å². The number of aromatic amines is 2. The second kappa shape index (κ2) is 17.0. The number of nitrogens with one attached hydrogen (secondary N) is 3. The highest BCUT2D eigenvalue weighted by molar-refractivity contribution is 6.01. The van der Waals surface area contributed by atoms with Gasteiger partial charge in [-0.05, 0) is 41.9 Å². The highest BCUT2D eigenvalue weighted by atomic mass is 19.4. The van der Waals surface area contributed by atoms with Gasteiger partial charge < -0.3 is 25.3 Å². The summed E-state index contributed by atoms with van der Waals surface area (Å²) in [5.74, 6) is -4.88. The maximum Gasteiger partial charge on any atom is 0.490 e. The van der Waals surface area contributed by atoms with Crippen LogP contribution in [0.2, 0.25) is 0 Å². The van der Waals surface area contributed by atoms with Crippen molar-refractivity contribution >= 4 is 28.7 Å². The average Bonchev–Trinajstić information content (AvgIpc) is 3.72. The number of H-pyrrole nitrogens is 2. The first kappa shape index (κ1) is 38.6. The van der Waals surface area contributed by atoms with Gasteiger partial charge in [0.2, 0.25) is 0 Å². The Morgan fingerprint density at radius 2 is 1.46 bits per heavy atom. The number of carboxylic acids is 2. The summed E-state index contributed by atoms with van der Waals surface area (Å²) in [7, 11) is 3.71. The van der Waals surface area contributed by atoms with E-state index in [0.29, 0.717) is 18.8 Å². The molecule has 2 heterocycles. The quantitative estimate of drug-likeness (QED) is 0.110. The summed E-state index contributed by atoms with van der Waals surface area (Å²) in [6, 6.07) is 24.3. The van der Waals surface area contributed by atoms with E-state index in [1.807, 2.05) is 48.7 Å². The lowest BCUT2D eigenvalue weighted by Crippen LogP contribution is -2.26. The maximum absolute atomic E-state index is 13.4. The van der Waals surface area contributed by atoms with Gasteiger partial charge in [-0.2, -0.15) is 31.4 Å². The van der Waals surface area contributed by atoms with Crippen molar-refractivity contribution in [1.29, 1.82) is 0 Å². The Morgan fingerprint density at radius 1 is 0.840 bits per heavy atom. The van der Waals surface area contributed by atoms with Gasteiger partial charge in [-0.25, -0.2) is 9.59 Å². The molecule has 0 saturated carbocycles. The number of benzene rings is 3. The van der Waals surface area contributed by atoms with Crippen LogP contribution in [0.25, 0.3) is 22.0 Å². The van der Waals surface area contributed by atoms with Crippen LogP contribution in [-0.4, -0.2) is 74.7 Å². The van der Waals surface area contributed by atoms with Crippen LogP contribution in [0.15, 0.2) is 85.2 Å². The van der Waals surface area contributed by atoms with Gasteiger partial charge in [0.1, 0.15) is 11.4 Å². The molecule has 3 aromatic carbocycles. The largest absolute Gasteiger partial charge is 0.497 e. The van der Waals surface area contributed by atoms with Crippen molar-refractivity contribution in [3.63, 3.8) is 0 Å². The van der Waals surface area contributed by atoms with Gasteiger partial charge in [0, 0.05) is 47.9 Å². The molecule has 17 heteroatoms. The fourth-order valence-corrected chi connectivity index (χ4v) is 4.48. The lowest BCUT2D eigenvalue weighted by Gasteiger charge is -2.17. The molecular weight excluding hydrogens is 676 g/mol. The van der Waals surface area contributed by atoms with Crippen molar-refractivity contribution < 1.29 is 55.7 Å². The molecule has 0 radical (unpaired) electrons. The van der Waals surface area contributed by atoms with E-state index in [9.17, 15) is 31.1 Å². The number of fused-ring (bicyclic) bond motifs is 1. The van der Waals surface area contributed by atoms with Crippen molar-refractivity contribution in [2.24, 2.45) is 0 Å². The molecule has 0 saturated heterocycles. The summed E-state index contributed by atoms with van der Waals surface area (Å²) in [6.07, 6.45) is -6.51. The summed E-state index contributed by atoms with van der Waals surface area (Å²) in [4.78, 5) is 36.8. The third kappa shape index (κ3) is 11.4. The van der Waals surface area contributed by atoms with Gasteiger partial charge in [-0.3, -0.25) is 14.8 Å². The Hall–Kier alpha value is -5.84. The molecule has 0 fully saturated rings.